The van der Waals surface area contributed by atoms with Crippen LogP contribution in [0.3, 0.4) is 0 Å². The van der Waals surface area contributed by atoms with Crippen LogP contribution >= 0.6 is 0 Å². The van der Waals surface area contributed by atoms with Gasteiger partial charge in [0.15, 0.2) is 5.92 Å². The number of halogens is 1. The summed E-state index contributed by atoms with van der Waals surface area (Å²) >= 11 is 0. The highest BCUT2D eigenvalue weighted by molar-refractivity contribution is 6.10. The summed E-state index contributed by atoms with van der Waals surface area (Å²) in [6.07, 6.45) is 1.59. The number of rotatable bonds is 4. The number of amides is 2. The predicted molar refractivity (Wildman–Crippen MR) is 91.2 cm³/mol. The summed E-state index contributed by atoms with van der Waals surface area (Å²) in [6, 6.07) is 7.95. The van der Waals surface area contributed by atoms with Crippen molar-refractivity contribution in [2.24, 2.45) is 0 Å². The topological polar surface area (TPSA) is 71.5 Å². The van der Waals surface area contributed by atoms with E-state index < -0.39 is 23.5 Å². The molecule has 1 aromatic heterocycles. The molecule has 1 N–H and O–H groups in total. The molecule has 0 saturated carbocycles. The van der Waals surface area contributed by atoms with E-state index in [1.807, 2.05) is 0 Å². The van der Waals surface area contributed by atoms with Crippen molar-refractivity contribution >= 4 is 11.8 Å². The molecule has 26 heavy (non-hydrogen) atoms. The van der Waals surface area contributed by atoms with E-state index in [0.29, 0.717) is 11.3 Å². The number of benzene rings is 1. The number of hydrogen-bond donors (Lipinski definition) is 1. The molecule has 2 aromatic rings. The molecule has 1 fully saturated rings. The highest BCUT2D eigenvalue weighted by Gasteiger charge is 2.43. The second kappa shape index (κ2) is 7.23. The van der Waals surface area contributed by atoms with Gasteiger partial charge in [0.2, 0.25) is 0 Å². The summed E-state index contributed by atoms with van der Waals surface area (Å²) in [5.41, 5.74) is 3.38. The standard InChI is InChI=1S/C19H16FN3O3/c1-3-6-12-9-14(20)16(15(10-12)26-2)17-18(24)22-23(19(17)25)11-13-7-4-5-8-21-13/h4-5,7-10,17H,11H2,1-2H3,(H,22,24). The first-order valence-corrected chi connectivity index (χ1v) is 7.87. The quantitative estimate of drug-likeness (QED) is 0.672. The van der Waals surface area contributed by atoms with E-state index in [2.05, 4.69) is 22.3 Å². The Morgan fingerprint density at radius 2 is 2.15 bits per heavy atom. The van der Waals surface area contributed by atoms with Crippen molar-refractivity contribution in [1.29, 1.82) is 0 Å². The van der Waals surface area contributed by atoms with Gasteiger partial charge in [0, 0.05) is 11.8 Å². The number of nitrogens with one attached hydrogen (secondary N) is 1. The van der Waals surface area contributed by atoms with E-state index in [1.165, 1.54) is 19.2 Å². The van der Waals surface area contributed by atoms with Crippen LogP contribution in [0.1, 0.15) is 29.7 Å². The van der Waals surface area contributed by atoms with Gasteiger partial charge in [0.25, 0.3) is 11.8 Å². The highest BCUT2D eigenvalue weighted by Crippen LogP contribution is 2.34. The largest absolute Gasteiger partial charge is 0.496 e. The monoisotopic (exact) mass is 353 g/mol. The van der Waals surface area contributed by atoms with Crippen molar-refractivity contribution in [2.45, 2.75) is 19.4 Å². The first kappa shape index (κ1) is 17.4. The SMILES string of the molecule is CC#Cc1cc(F)c(C2C(=O)NN(Cc3ccccn3)C2=O)c(OC)c1. The Kier molecular flexibility index (Phi) is 4.85. The van der Waals surface area contributed by atoms with Crippen molar-refractivity contribution in [3.63, 3.8) is 0 Å². The summed E-state index contributed by atoms with van der Waals surface area (Å²) in [4.78, 5) is 29.2. The fraction of sp³-hybridized carbons (Fsp3) is 0.211. The molecule has 2 amide bonds. The molecule has 7 heteroatoms. The fourth-order valence-electron chi connectivity index (χ4n) is 2.80. The maximum absolute atomic E-state index is 14.7. The number of methoxy groups -OCH3 is 1. The second-order valence-corrected chi connectivity index (χ2v) is 5.60. The van der Waals surface area contributed by atoms with Gasteiger partial charge in [-0.3, -0.25) is 20.0 Å². The Morgan fingerprint density at radius 3 is 2.81 bits per heavy atom. The number of carbonyl (C=O) groups excluding carboxylic acids is 2. The second-order valence-electron chi connectivity index (χ2n) is 5.60. The van der Waals surface area contributed by atoms with Crippen LogP contribution in [0.4, 0.5) is 4.39 Å². The molecule has 132 valence electrons. The molecular weight excluding hydrogens is 337 g/mol. The van der Waals surface area contributed by atoms with Crippen molar-refractivity contribution in [1.82, 2.24) is 15.4 Å². The number of nitrogens with zero attached hydrogens (tertiary/aromatic N) is 2. The number of hydrazine groups is 1. The Morgan fingerprint density at radius 1 is 1.35 bits per heavy atom. The molecule has 6 nitrogen and oxygen atoms in total. The van der Waals surface area contributed by atoms with Crippen molar-refractivity contribution in [3.05, 3.63) is 59.2 Å². The zero-order chi connectivity index (χ0) is 18.7. The van der Waals surface area contributed by atoms with Crippen LogP contribution in [0.15, 0.2) is 36.5 Å². The third kappa shape index (κ3) is 3.22. The number of carbonyl (C=O) groups is 2. The third-order valence-corrected chi connectivity index (χ3v) is 3.94. The lowest BCUT2D eigenvalue weighted by Gasteiger charge is -2.16. The number of hydrogen-bond acceptors (Lipinski definition) is 4. The minimum Gasteiger partial charge on any atom is -0.496 e. The summed E-state index contributed by atoms with van der Waals surface area (Å²) in [5.74, 6) is 2.30. The van der Waals surface area contributed by atoms with Crippen molar-refractivity contribution < 1.29 is 18.7 Å². The number of aromatic nitrogens is 1. The van der Waals surface area contributed by atoms with E-state index >= 15 is 0 Å². The highest BCUT2D eigenvalue weighted by atomic mass is 19.1. The van der Waals surface area contributed by atoms with Crippen LogP contribution in [0.5, 0.6) is 5.75 Å². The van der Waals surface area contributed by atoms with Crippen LogP contribution in [0, 0.1) is 17.7 Å². The van der Waals surface area contributed by atoms with Crippen LogP contribution in [-0.4, -0.2) is 28.9 Å². The average Bonchev–Trinajstić information content (AvgIpc) is 2.89. The lowest BCUT2D eigenvalue weighted by molar-refractivity contribution is -0.131. The van der Waals surface area contributed by atoms with Gasteiger partial charge in [-0.15, -0.1) is 5.92 Å². The van der Waals surface area contributed by atoms with E-state index in [4.69, 9.17) is 4.74 Å². The molecule has 0 radical (unpaired) electrons. The molecule has 3 rings (SSSR count). The average molecular weight is 353 g/mol. The Labute approximate surface area is 150 Å². The zero-order valence-corrected chi connectivity index (χ0v) is 14.2. The van der Waals surface area contributed by atoms with Gasteiger partial charge in [-0.2, -0.15) is 0 Å². The zero-order valence-electron chi connectivity index (χ0n) is 14.2. The van der Waals surface area contributed by atoms with Crippen LogP contribution in [0.2, 0.25) is 0 Å². The van der Waals surface area contributed by atoms with Crippen LogP contribution in [0.25, 0.3) is 0 Å². The van der Waals surface area contributed by atoms with E-state index in [-0.39, 0.29) is 17.9 Å². The van der Waals surface area contributed by atoms with E-state index in [9.17, 15) is 14.0 Å². The smallest absolute Gasteiger partial charge is 0.258 e. The van der Waals surface area contributed by atoms with Gasteiger partial charge in [-0.05, 0) is 31.2 Å². The van der Waals surface area contributed by atoms with Gasteiger partial charge < -0.3 is 4.74 Å². The molecule has 1 aromatic carbocycles. The molecule has 1 atom stereocenters. The predicted octanol–water partition coefficient (Wildman–Crippen LogP) is 1.76. The van der Waals surface area contributed by atoms with Gasteiger partial charge >= 0.3 is 0 Å². The van der Waals surface area contributed by atoms with Gasteiger partial charge in [0.05, 0.1) is 24.9 Å². The Bertz CT molecular complexity index is 919. The Hall–Kier alpha value is -3.40. The number of ether oxygens (including phenoxy) is 1. The lowest BCUT2D eigenvalue weighted by atomic mass is 9.95. The van der Waals surface area contributed by atoms with Crippen molar-refractivity contribution in [3.8, 4) is 17.6 Å². The minimum atomic E-state index is -1.32. The van der Waals surface area contributed by atoms with Crippen LogP contribution < -0.4 is 10.2 Å². The molecule has 0 aliphatic carbocycles. The first-order chi connectivity index (χ1) is 12.5. The van der Waals surface area contributed by atoms with E-state index in [1.54, 1.807) is 31.3 Å². The molecule has 1 aliphatic rings. The molecule has 1 saturated heterocycles. The normalized spacial score (nSPS) is 16.1. The molecule has 1 unspecified atom stereocenters. The maximum atomic E-state index is 14.7. The first-order valence-electron chi connectivity index (χ1n) is 7.87. The van der Waals surface area contributed by atoms with Crippen molar-refractivity contribution in [2.75, 3.05) is 7.11 Å². The van der Waals surface area contributed by atoms with Gasteiger partial charge in [0.1, 0.15) is 11.6 Å². The summed E-state index contributed by atoms with van der Waals surface area (Å²) in [5, 5.41) is 1.13. The molecule has 0 spiro atoms. The number of pyridine rings is 1. The molecular formula is C19H16FN3O3. The Balaban J connectivity index is 1.95. The third-order valence-electron chi connectivity index (χ3n) is 3.94. The fourth-order valence-corrected chi connectivity index (χ4v) is 2.80. The molecule has 1 aliphatic heterocycles. The van der Waals surface area contributed by atoms with Gasteiger partial charge in [-0.1, -0.05) is 12.0 Å². The summed E-state index contributed by atoms with van der Waals surface area (Å²) < 4.78 is 19.9. The summed E-state index contributed by atoms with van der Waals surface area (Å²) in [6.45, 7) is 1.72. The van der Waals surface area contributed by atoms with E-state index in [0.717, 1.165) is 5.01 Å². The molecule has 0 bridgehead atoms. The van der Waals surface area contributed by atoms with Crippen LogP contribution in [-0.2, 0) is 16.1 Å². The van der Waals surface area contributed by atoms with Gasteiger partial charge in [-0.25, -0.2) is 9.40 Å². The summed E-state index contributed by atoms with van der Waals surface area (Å²) in [7, 11) is 1.35. The maximum Gasteiger partial charge on any atom is 0.258 e. The molecule has 2 heterocycles. The minimum absolute atomic E-state index is 0.0885. The lowest BCUT2D eigenvalue weighted by Crippen LogP contribution is -2.35.